The van der Waals surface area contributed by atoms with Crippen LogP contribution >= 0.6 is 12.4 Å². The number of nitrogens with one attached hydrogen (secondary N) is 3. The van der Waals surface area contributed by atoms with Crippen molar-refractivity contribution in [1.82, 2.24) is 10.6 Å². The molecule has 1 saturated heterocycles. The predicted octanol–water partition coefficient (Wildman–Crippen LogP) is 2.54. The molecule has 2 aromatic rings. The van der Waals surface area contributed by atoms with E-state index >= 15 is 0 Å². The molecule has 3 N–H and O–H groups in total. The Labute approximate surface area is 176 Å². The number of piperidine rings is 1. The number of hydrogen-bond acceptors (Lipinski definition) is 5. The van der Waals surface area contributed by atoms with E-state index in [1.54, 1.807) is 42.5 Å². The highest BCUT2D eigenvalue weighted by Crippen LogP contribution is 2.26. The van der Waals surface area contributed by atoms with Gasteiger partial charge < -0.3 is 16.0 Å². The molecule has 0 aliphatic carbocycles. The monoisotopic (exact) mass is 434 g/mol. The lowest BCUT2D eigenvalue weighted by Gasteiger charge is -2.28. The number of fused-ring (bicyclic) bond motifs is 1. The van der Waals surface area contributed by atoms with Gasteiger partial charge in [0, 0.05) is 28.9 Å². The Kier molecular flexibility index (Phi) is 6.26. The third-order valence-corrected chi connectivity index (χ3v) is 6.34. The molecule has 2 aliphatic heterocycles. The number of carbonyl (C=O) groups excluding carboxylic acids is 1. The second-order valence-electron chi connectivity index (χ2n) is 7.16. The Hall–Kier alpha value is -2.42. The van der Waals surface area contributed by atoms with Crippen LogP contribution in [-0.2, 0) is 10.0 Å². The number of rotatable bonds is 3. The van der Waals surface area contributed by atoms with Gasteiger partial charge in [0.05, 0.1) is 0 Å². The average Bonchev–Trinajstić information content (AvgIpc) is 2.93. The Morgan fingerprint density at radius 3 is 2.59 bits per heavy atom. The molecule has 0 aromatic heterocycles. The molecule has 0 radical (unpaired) electrons. The van der Waals surface area contributed by atoms with Crippen molar-refractivity contribution in [3.8, 4) is 0 Å². The van der Waals surface area contributed by atoms with E-state index < -0.39 is 10.0 Å². The quantitative estimate of drug-likeness (QED) is 0.689. The highest BCUT2D eigenvalue weighted by atomic mass is 35.5. The molecule has 1 amide bonds. The van der Waals surface area contributed by atoms with Gasteiger partial charge in [0.1, 0.15) is 4.90 Å². The molecule has 2 heterocycles. The molecular weight excluding hydrogens is 412 g/mol. The second-order valence-corrected chi connectivity index (χ2v) is 8.74. The molecule has 0 saturated carbocycles. The summed E-state index contributed by atoms with van der Waals surface area (Å²) >= 11 is 0. The Balaban J connectivity index is 0.00000240. The molecule has 154 valence electrons. The van der Waals surface area contributed by atoms with Crippen LogP contribution in [0.4, 0.5) is 5.69 Å². The Morgan fingerprint density at radius 1 is 1.14 bits per heavy atom. The summed E-state index contributed by atoms with van der Waals surface area (Å²) in [4.78, 5) is 12.7. The molecular formula is C20H23ClN4O3S. The van der Waals surface area contributed by atoms with Crippen LogP contribution in [0, 0.1) is 0 Å². The first-order valence-corrected chi connectivity index (χ1v) is 10.7. The third kappa shape index (κ3) is 4.60. The van der Waals surface area contributed by atoms with Crippen molar-refractivity contribution in [3.05, 3.63) is 59.7 Å². The molecule has 0 spiro atoms. The predicted molar refractivity (Wildman–Crippen MR) is 115 cm³/mol. The van der Waals surface area contributed by atoms with E-state index in [1.165, 1.54) is 6.07 Å². The number of anilines is 1. The fourth-order valence-electron chi connectivity index (χ4n) is 3.57. The minimum Gasteiger partial charge on any atom is -0.349 e. The van der Waals surface area contributed by atoms with Gasteiger partial charge in [0.25, 0.3) is 15.9 Å². The maximum absolute atomic E-state index is 12.5. The summed E-state index contributed by atoms with van der Waals surface area (Å²) in [6.07, 6.45) is 1.84. The van der Waals surface area contributed by atoms with Crippen LogP contribution in [0.3, 0.4) is 0 Å². The lowest BCUT2D eigenvalue weighted by atomic mass is 10.0. The summed E-state index contributed by atoms with van der Waals surface area (Å²) in [6, 6.07) is 14.2. The van der Waals surface area contributed by atoms with Crippen molar-refractivity contribution in [2.24, 2.45) is 4.40 Å². The van der Waals surface area contributed by atoms with E-state index in [2.05, 4.69) is 27.3 Å². The van der Waals surface area contributed by atoms with Gasteiger partial charge in [-0.15, -0.1) is 16.8 Å². The van der Waals surface area contributed by atoms with Crippen LogP contribution in [0.15, 0.2) is 57.8 Å². The van der Waals surface area contributed by atoms with Crippen molar-refractivity contribution >= 4 is 39.9 Å². The Morgan fingerprint density at radius 2 is 1.86 bits per heavy atom. The number of benzene rings is 2. The van der Waals surface area contributed by atoms with Crippen LogP contribution in [0.25, 0.3) is 0 Å². The maximum atomic E-state index is 12.5. The van der Waals surface area contributed by atoms with E-state index in [0.717, 1.165) is 19.4 Å². The van der Waals surface area contributed by atoms with E-state index in [4.69, 9.17) is 0 Å². The number of amides is 1. The summed E-state index contributed by atoms with van der Waals surface area (Å²) in [7, 11) is -3.66. The van der Waals surface area contributed by atoms with E-state index in [0.29, 0.717) is 22.9 Å². The standard InChI is InChI=1S/C20H22N4O3S.ClH/c1-13-12-16(10-11-21-13)23-20(25)14-6-8-15(9-7-14)22-19-17-4-2-3-5-18(17)28(26,27)24-19;/h2-9,13,16,21H,10-12H2,1H3,(H,22,24)(H,23,25);1H. The lowest BCUT2D eigenvalue weighted by Crippen LogP contribution is -2.46. The first-order chi connectivity index (χ1) is 13.4. The van der Waals surface area contributed by atoms with Crippen molar-refractivity contribution in [1.29, 1.82) is 0 Å². The van der Waals surface area contributed by atoms with E-state index in [-0.39, 0.29) is 35.1 Å². The van der Waals surface area contributed by atoms with Gasteiger partial charge >= 0.3 is 0 Å². The SMILES string of the molecule is CC1CC(NC(=O)c2ccc(NC3=NS(=O)(=O)c4ccccc43)cc2)CCN1.Cl. The van der Waals surface area contributed by atoms with Crippen LogP contribution in [0.5, 0.6) is 0 Å². The number of nitrogens with zero attached hydrogens (tertiary/aromatic N) is 1. The molecule has 2 aromatic carbocycles. The van der Waals surface area contributed by atoms with Crippen molar-refractivity contribution in [2.75, 3.05) is 11.9 Å². The normalized spacial score (nSPS) is 22.0. The number of sulfonamides is 1. The molecule has 2 aliphatic rings. The van der Waals surface area contributed by atoms with Gasteiger partial charge in [0.15, 0.2) is 5.84 Å². The zero-order valence-corrected chi connectivity index (χ0v) is 17.5. The average molecular weight is 435 g/mol. The van der Waals surface area contributed by atoms with Gasteiger partial charge in [-0.2, -0.15) is 8.42 Å². The van der Waals surface area contributed by atoms with Crippen LogP contribution < -0.4 is 16.0 Å². The van der Waals surface area contributed by atoms with Gasteiger partial charge in [0.2, 0.25) is 0 Å². The first-order valence-electron chi connectivity index (χ1n) is 9.28. The van der Waals surface area contributed by atoms with Gasteiger partial charge in [-0.1, -0.05) is 12.1 Å². The smallest absolute Gasteiger partial charge is 0.285 e. The summed E-state index contributed by atoms with van der Waals surface area (Å²) in [6.45, 7) is 3.02. The minimum absolute atomic E-state index is 0. The second kappa shape index (κ2) is 8.52. The largest absolute Gasteiger partial charge is 0.349 e. The first kappa shape index (κ1) is 21.3. The van der Waals surface area contributed by atoms with Crippen molar-refractivity contribution < 1.29 is 13.2 Å². The fraction of sp³-hybridized carbons (Fsp3) is 0.300. The molecule has 2 atom stereocenters. The van der Waals surface area contributed by atoms with Gasteiger partial charge in [-0.25, -0.2) is 0 Å². The van der Waals surface area contributed by atoms with E-state index in [1.807, 2.05) is 0 Å². The number of halogens is 1. The summed E-state index contributed by atoms with van der Waals surface area (Å²) in [5.74, 6) is 0.188. The molecule has 7 nitrogen and oxygen atoms in total. The summed E-state index contributed by atoms with van der Waals surface area (Å²) in [5, 5.41) is 9.48. The van der Waals surface area contributed by atoms with Gasteiger partial charge in [-0.05, 0) is 62.7 Å². The number of hydrogen-bond donors (Lipinski definition) is 3. The zero-order chi connectivity index (χ0) is 19.7. The maximum Gasteiger partial charge on any atom is 0.285 e. The number of carbonyl (C=O) groups is 1. The number of amidine groups is 1. The van der Waals surface area contributed by atoms with Gasteiger partial charge in [-0.3, -0.25) is 4.79 Å². The fourth-order valence-corrected chi connectivity index (χ4v) is 4.75. The highest BCUT2D eigenvalue weighted by Gasteiger charge is 2.28. The van der Waals surface area contributed by atoms with E-state index in [9.17, 15) is 13.2 Å². The molecule has 9 heteroatoms. The molecule has 0 bridgehead atoms. The Bertz CT molecular complexity index is 1040. The molecule has 4 rings (SSSR count). The highest BCUT2D eigenvalue weighted by molar-refractivity contribution is 7.90. The topological polar surface area (TPSA) is 99.7 Å². The van der Waals surface area contributed by atoms with Crippen LogP contribution in [0.1, 0.15) is 35.7 Å². The van der Waals surface area contributed by atoms with Crippen LogP contribution in [-0.4, -0.2) is 38.8 Å². The molecule has 1 fully saturated rings. The molecule has 29 heavy (non-hydrogen) atoms. The minimum atomic E-state index is -3.66. The lowest BCUT2D eigenvalue weighted by molar-refractivity contribution is 0.0925. The summed E-state index contributed by atoms with van der Waals surface area (Å²) < 4.78 is 28.1. The van der Waals surface area contributed by atoms with Crippen molar-refractivity contribution in [3.63, 3.8) is 0 Å². The molecule has 2 unspecified atom stereocenters. The third-order valence-electron chi connectivity index (χ3n) is 5.00. The van der Waals surface area contributed by atoms with Crippen molar-refractivity contribution in [2.45, 2.75) is 36.7 Å². The summed E-state index contributed by atoms with van der Waals surface area (Å²) in [5.41, 5.74) is 1.78. The zero-order valence-electron chi connectivity index (χ0n) is 15.9. The van der Waals surface area contributed by atoms with Crippen LogP contribution in [0.2, 0.25) is 0 Å².